The molecule has 2 aliphatic carbocycles. The summed E-state index contributed by atoms with van der Waals surface area (Å²) in [6.07, 6.45) is 7.82. The van der Waals surface area contributed by atoms with Crippen LogP contribution in [0.1, 0.15) is 36.8 Å². The van der Waals surface area contributed by atoms with Crippen molar-refractivity contribution < 1.29 is 23.3 Å². The molecule has 2 fully saturated rings. The summed E-state index contributed by atoms with van der Waals surface area (Å²) < 4.78 is 0. The first-order valence-corrected chi connectivity index (χ1v) is 34.2. The molecule has 0 aliphatic heterocycles. The zero-order valence-electron chi connectivity index (χ0n) is 49.6. The number of hydrogen-bond acceptors (Lipinski definition) is 0. The van der Waals surface area contributed by atoms with Gasteiger partial charge >= 0.3 is 30.2 Å². The van der Waals surface area contributed by atoms with Crippen molar-refractivity contribution in [2.24, 2.45) is 11.8 Å². The van der Waals surface area contributed by atoms with Gasteiger partial charge in [0.1, 0.15) is 0 Å². The molecule has 0 unspecified atom stereocenters. The van der Waals surface area contributed by atoms with E-state index in [0.717, 1.165) is 11.8 Å². The molecule has 88 heavy (non-hydrogen) atoms. The minimum atomic E-state index is 0. The molecule has 4 heteroatoms. The Morgan fingerprint density at radius 1 is 0.273 bits per heavy atom. The number of hydrogen-bond donors (Lipinski definition) is 0. The Morgan fingerprint density at radius 3 is 0.705 bits per heavy atom. The van der Waals surface area contributed by atoms with Gasteiger partial charge < -0.3 is 14.9 Å². The molecule has 0 nitrogen and oxygen atoms in total. The number of halogens is 2. The molecule has 0 saturated heterocycles. The molecule has 0 heterocycles. The van der Waals surface area contributed by atoms with Gasteiger partial charge in [0.2, 0.25) is 0 Å². The zero-order chi connectivity index (χ0) is 55.8. The van der Waals surface area contributed by atoms with Crippen molar-refractivity contribution in [1.82, 2.24) is 0 Å². The van der Waals surface area contributed by atoms with Gasteiger partial charge in [-0.3, -0.25) is 0 Å². The van der Waals surface area contributed by atoms with Gasteiger partial charge in [0.05, 0.1) is 0 Å². The van der Waals surface area contributed by atoms with Crippen LogP contribution in [0.5, 0.6) is 0 Å². The topological polar surface area (TPSA) is 0 Å². The second kappa shape index (κ2) is 25.3. The second-order valence-electron chi connectivity index (χ2n) is 23.8. The Labute approximate surface area is 546 Å². The third-order valence-electron chi connectivity index (χ3n) is 18.5. The predicted molar refractivity (Wildman–Crippen MR) is 387 cm³/mol. The van der Waals surface area contributed by atoms with E-state index in [0.29, 0.717) is 0 Å². The number of benzene rings is 14. The van der Waals surface area contributed by atoms with E-state index >= 15 is 0 Å². The Balaban J connectivity index is 0.000000160. The van der Waals surface area contributed by atoms with E-state index in [1.165, 1.54) is 225 Å². The van der Waals surface area contributed by atoms with E-state index < -0.39 is 0 Å². The Kier molecular flexibility index (Phi) is 17.3. The first-order valence-electron chi connectivity index (χ1n) is 30.0. The fraction of sp³-hybridized carbons (Fsp3) is 0.0952. The summed E-state index contributed by atoms with van der Waals surface area (Å²) in [5.41, 5.74) is 13.7. The van der Waals surface area contributed by atoms with E-state index in [-0.39, 0.29) is 39.7 Å². The molecule has 0 atom stereocenters. The van der Waals surface area contributed by atoms with Gasteiger partial charge in [0, 0.05) is 0 Å². The van der Waals surface area contributed by atoms with Gasteiger partial charge in [-0.2, -0.15) is 12.1 Å². The SMILES string of the molecule is Cl.Cl.[CH3-].[CH3-].[Si]=[Zr].c1ccc2c(-c3ccc(-c4c5ccccc5cc5ccccc45)c4[cH-]c(CC5CC5)cc34)c3ccccc3cc2c1.c1ccc2c(-c3ccc(-c4c5ccccc5cc5ccccc45)c4[cH-]c(CC5CC5)cc34)c3ccccc3cc2c1. The third kappa shape index (κ3) is 10.7. The van der Waals surface area contributed by atoms with Crippen molar-refractivity contribution in [2.45, 2.75) is 38.5 Å². The Bertz CT molecular complexity index is 4430. The summed E-state index contributed by atoms with van der Waals surface area (Å²) in [7, 11) is 0. The standard InChI is InChI=1S/2C41H29.2CH3.2ClH.Si.Zr/c2*1-5-13-32-28(9-1)24-29-10-2-6-14-33(29)40(32)36-19-20-37(39-23-27(22-38(36)39)21-26-17-18-26)41-34-15-7-3-11-30(34)25-31-12-4-8-16-35(31)41;;;;;;/h2*1-16,19-20,22-26H,17-18,21H2;2*1H3;2*1H;;/q4*-1;;;;. The van der Waals surface area contributed by atoms with Crippen LogP contribution in [0, 0.1) is 26.7 Å². The van der Waals surface area contributed by atoms with E-state index in [2.05, 4.69) is 274 Å². The normalized spacial score (nSPS) is 12.8. The molecule has 2 aliphatic rings. The minimum absolute atomic E-state index is 0. The van der Waals surface area contributed by atoms with Crippen LogP contribution in [0.15, 0.2) is 267 Å². The molecule has 2 saturated carbocycles. The maximum absolute atomic E-state index is 3.06. The van der Waals surface area contributed by atoms with Crippen molar-refractivity contribution >= 4 is 139 Å². The van der Waals surface area contributed by atoms with Gasteiger partial charge in [-0.1, -0.05) is 241 Å². The van der Waals surface area contributed by atoms with Gasteiger partial charge in [-0.15, -0.1) is 69.6 Å². The fourth-order valence-electron chi connectivity index (χ4n) is 14.4. The van der Waals surface area contributed by atoms with Crippen LogP contribution >= 0.6 is 24.8 Å². The maximum Gasteiger partial charge on any atom is -0.0107 e. The van der Waals surface area contributed by atoms with E-state index in [4.69, 9.17) is 0 Å². The zero-order valence-corrected chi connectivity index (χ0v) is 54.7. The van der Waals surface area contributed by atoms with E-state index in [1.54, 1.807) is 0 Å². The minimum Gasteiger partial charge on any atom is -0.164 e. The van der Waals surface area contributed by atoms with Crippen molar-refractivity contribution in [3.8, 4) is 44.5 Å². The van der Waals surface area contributed by atoms with Crippen LogP contribution in [0.2, 0.25) is 0 Å². The van der Waals surface area contributed by atoms with Crippen molar-refractivity contribution in [3.63, 3.8) is 0 Å². The molecule has 16 aromatic carbocycles. The van der Waals surface area contributed by atoms with Crippen LogP contribution < -0.4 is 0 Å². The van der Waals surface area contributed by atoms with Crippen LogP contribution in [0.25, 0.3) is 152 Å². The van der Waals surface area contributed by atoms with E-state index in [1.807, 2.05) is 0 Å². The van der Waals surface area contributed by atoms with Crippen molar-refractivity contribution in [3.05, 3.63) is 293 Å². The molecule has 18 rings (SSSR count). The van der Waals surface area contributed by atoms with E-state index in [9.17, 15) is 0 Å². The first kappa shape index (κ1) is 60.3. The van der Waals surface area contributed by atoms with Crippen LogP contribution in [0.3, 0.4) is 0 Å². The van der Waals surface area contributed by atoms with Crippen LogP contribution in [-0.4, -0.2) is 6.88 Å². The summed E-state index contributed by atoms with van der Waals surface area (Å²) in [4.78, 5) is 0. The van der Waals surface area contributed by atoms with Gasteiger partial charge in [-0.25, -0.2) is 0 Å². The summed E-state index contributed by atoms with van der Waals surface area (Å²) in [6.45, 7) is 3.06. The van der Waals surface area contributed by atoms with Crippen molar-refractivity contribution in [2.75, 3.05) is 0 Å². The summed E-state index contributed by atoms with van der Waals surface area (Å²) in [5, 5.41) is 26.4. The molecular formula is C84H66Cl2SiZr-4. The molecule has 0 spiro atoms. The summed E-state index contributed by atoms with van der Waals surface area (Å²) in [6, 6.07) is 100. The van der Waals surface area contributed by atoms with Gasteiger partial charge in [0.25, 0.3) is 0 Å². The number of rotatable bonds is 8. The molecule has 0 aromatic heterocycles. The molecule has 0 N–H and O–H groups in total. The quantitative estimate of drug-likeness (QED) is 0.0808. The maximum atomic E-state index is 3.06. The van der Waals surface area contributed by atoms with Crippen molar-refractivity contribution in [1.29, 1.82) is 0 Å². The molecule has 428 valence electrons. The third-order valence-corrected chi connectivity index (χ3v) is 18.5. The summed E-state index contributed by atoms with van der Waals surface area (Å²) in [5.74, 6) is 1.69. The molecule has 0 amide bonds. The first-order chi connectivity index (χ1) is 41.6. The van der Waals surface area contributed by atoms with Crippen LogP contribution in [0.4, 0.5) is 0 Å². The average Bonchev–Trinajstić information content (AvgIpc) is 1.82. The average molecular weight is 1270 g/mol. The Hall–Kier alpha value is -7.94. The molecule has 16 aromatic rings. The van der Waals surface area contributed by atoms with Crippen LogP contribution in [-0.2, 0) is 36.2 Å². The fourth-order valence-corrected chi connectivity index (χ4v) is 14.4. The predicted octanol–water partition coefficient (Wildman–Crippen LogP) is 24.3. The molecule has 0 bridgehead atoms. The van der Waals surface area contributed by atoms with Gasteiger partial charge in [-0.05, 0) is 183 Å². The number of fused-ring (bicyclic) bond motifs is 10. The largest absolute Gasteiger partial charge is 0.164 e. The Morgan fingerprint density at radius 2 is 0.477 bits per heavy atom. The molecular weight excluding hydrogens is 1200 g/mol. The molecule has 2 radical (unpaired) electrons. The summed E-state index contributed by atoms with van der Waals surface area (Å²) >= 11 is 1.36. The monoisotopic (exact) mass is 1260 g/mol. The smallest absolute Gasteiger partial charge is 0.0107 e. The second-order valence-corrected chi connectivity index (χ2v) is 23.8. The van der Waals surface area contributed by atoms with Gasteiger partial charge in [0.15, 0.2) is 0 Å².